The number of nitrogens with zero attached hydrogens (tertiary/aromatic N) is 1. The number of fused-ring (bicyclic) bond motifs is 1. The summed E-state index contributed by atoms with van der Waals surface area (Å²) in [4.78, 5) is 14.8. The molecule has 0 aliphatic carbocycles. The van der Waals surface area contributed by atoms with Gasteiger partial charge in [0.1, 0.15) is 0 Å². The third-order valence-corrected chi connectivity index (χ3v) is 6.23. The van der Waals surface area contributed by atoms with E-state index in [1.807, 2.05) is 54.6 Å². The van der Waals surface area contributed by atoms with Gasteiger partial charge in [-0.3, -0.25) is 4.79 Å². The first kappa shape index (κ1) is 18.4. The molecule has 1 aliphatic heterocycles. The number of sulfonamides is 1. The smallest absolute Gasteiger partial charge is 0.258 e. The van der Waals surface area contributed by atoms with Crippen molar-refractivity contribution in [1.29, 1.82) is 0 Å². The molecule has 6 heteroatoms. The Labute approximate surface area is 164 Å². The van der Waals surface area contributed by atoms with Gasteiger partial charge in [-0.2, -0.15) is 0 Å². The highest BCUT2D eigenvalue weighted by molar-refractivity contribution is 7.89. The van der Waals surface area contributed by atoms with Gasteiger partial charge in [0.2, 0.25) is 10.0 Å². The van der Waals surface area contributed by atoms with Crippen LogP contribution in [0.1, 0.15) is 21.5 Å². The number of carbonyl (C=O) groups is 1. The van der Waals surface area contributed by atoms with Crippen molar-refractivity contribution < 1.29 is 13.2 Å². The molecule has 1 N–H and O–H groups in total. The Morgan fingerprint density at radius 1 is 0.929 bits per heavy atom. The number of hydrogen-bond donors (Lipinski definition) is 1. The molecule has 3 aromatic carbocycles. The van der Waals surface area contributed by atoms with Gasteiger partial charge in [-0.25, -0.2) is 13.1 Å². The van der Waals surface area contributed by atoms with Crippen LogP contribution in [0.2, 0.25) is 0 Å². The second-order valence-corrected chi connectivity index (χ2v) is 8.44. The number of hydrogen-bond acceptors (Lipinski definition) is 3. The zero-order valence-electron chi connectivity index (χ0n) is 15.2. The number of anilines is 1. The number of amides is 1. The summed E-state index contributed by atoms with van der Waals surface area (Å²) in [6.07, 6.45) is 0.804. The lowest BCUT2D eigenvalue weighted by molar-refractivity contribution is 0.0989. The highest BCUT2D eigenvalue weighted by atomic mass is 32.2. The predicted molar refractivity (Wildman–Crippen MR) is 109 cm³/mol. The largest absolute Gasteiger partial charge is 0.308 e. The lowest BCUT2D eigenvalue weighted by atomic mass is 10.1. The monoisotopic (exact) mass is 392 g/mol. The minimum absolute atomic E-state index is 0.0850. The molecule has 0 saturated heterocycles. The summed E-state index contributed by atoms with van der Waals surface area (Å²) in [5.74, 6) is -0.190. The van der Waals surface area contributed by atoms with Crippen LogP contribution in [0, 0.1) is 0 Å². The second kappa shape index (κ2) is 7.58. The SMILES string of the molecule is O=C(c1cccc(S(=O)(=O)NCc2ccccc2)c1)N1CCc2ccccc21. The van der Waals surface area contributed by atoms with E-state index in [9.17, 15) is 13.2 Å². The molecule has 0 fully saturated rings. The van der Waals surface area contributed by atoms with E-state index in [2.05, 4.69) is 4.72 Å². The van der Waals surface area contributed by atoms with Crippen LogP contribution in [0.5, 0.6) is 0 Å². The summed E-state index contributed by atoms with van der Waals surface area (Å²) >= 11 is 0. The lowest BCUT2D eigenvalue weighted by Crippen LogP contribution is -2.29. The maximum Gasteiger partial charge on any atom is 0.258 e. The molecule has 0 saturated carbocycles. The van der Waals surface area contributed by atoms with Crippen LogP contribution in [-0.2, 0) is 23.0 Å². The Bertz CT molecular complexity index is 1110. The number of carbonyl (C=O) groups excluding carboxylic acids is 1. The molecule has 5 nitrogen and oxygen atoms in total. The minimum Gasteiger partial charge on any atom is -0.308 e. The van der Waals surface area contributed by atoms with Gasteiger partial charge in [0.05, 0.1) is 4.90 Å². The van der Waals surface area contributed by atoms with E-state index in [0.717, 1.165) is 23.2 Å². The van der Waals surface area contributed by atoms with Crippen molar-refractivity contribution in [1.82, 2.24) is 4.72 Å². The number of benzene rings is 3. The van der Waals surface area contributed by atoms with Gasteiger partial charge in [-0.05, 0) is 41.8 Å². The summed E-state index contributed by atoms with van der Waals surface area (Å²) in [6.45, 7) is 0.794. The quantitative estimate of drug-likeness (QED) is 0.724. The number of rotatable bonds is 5. The van der Waals surface area contributed by atoms with E-state index >= 15 is 0 Å². The summed E-state index contributed by atoms with van der Waals surface area (Å²) < 4.78 is 27.9. The van der Waals surface area contributed by atoms with Crippen LogP contribution < -0.4 is 9.62 Å². The average molecular weight is 392 g/mol. The maximum atomic E-state index is 13.0. The first-order valence-corrected chi connectivity index (χ1v) is 10.6. The van der Waals surface area contributed by atoms with E-state index in [4.69, 9.17) is 0 Å². The standard InChI is InChI=1S/C22H20N2O3S/c25-22(24-14-13-18-9-4-5-12-21(18)24)19-10-6-11-20(15-19)28(26,27)23-16-17-7-2-1-3-8-17/h1-12,15,23H,13-14,16H2. The van der Waals surface area contributed by atoms with E-state index in [1.54, 1.807) is 17.0 Å². The van der Waals surface area contributed by atoms with Crippen molar-refractivity contribution >= 4 is 21.6 Å². The Kier molecular flexibility index (Phi) is 4.98. The van der Waals surface area contributed by atoms with Gasteiger partial charge in [0.25, 0.3) is 5.91 Å². The molecule has 0 unspecified atom stereocenters. The summed E-state index contributed by atoms with van der Waals surface area (Å²) in [5.41, 5.74) is 3.25. The van der Waals surface area contributed by atoms with Crippen molar-refractivity contribution in [2.24, 2.45) is 0 Å². The van der Waals surface area contributed by atoms with Gasteiger partial charge in [0, 0.05) is 24.3 Å². The topological polar surface area (TPSA) is 66.5 Å². The zero-order chi connectivity index (χ0) is 19.6. The van der Waals surface area contributed by atoms with Crippen LogP contribution in [-0.4, -0.2) is 20.9 Å². The average Bonchev–Trinajstić information content (AvgIpc) is 3.17. The molecule has 0 radical (unpaired) electrons. The fourth-order valence-corrected chi connectivity index (χ4v) is 4.42. The van der Waals surface area contributed by atoms with Crippen LogP contribution in [0.4, 0.5) is 5.69 Å². The molecular formula is C22H20N2O3S. The Balaban J connectivity index is 1.55. The molecular weight excluding hydrogens is 372 g/mol. The molecule has 3 aromatic rings. The van der Waals surface area contributed by atoms with Gasteiger partial charge >= 0.3 is 0 Å². The van der Waals surface area contributed by atoms with Crippen LogP contribution >= 0.6 is 0 Å². The summed E-state index contributed by atoms with van der Waals surface area (Å²) in [5, 5.41) is 0. The Hall–Kier alpha value is -2.96. The molecule has 0 bridgehead atoms. The zero-order valence-corrected chi connectivity index (χ0v) is 16.0. The third-order valence-electron chi connectivity index (χ3n) is 4.83. The van der Waals surface area contributed by atoms with Gasteiger partial charge < -0.3 is 4.90 Å². The molecule has 1 heterocycles. The van der Waals surface area contributed by atoms with Crippen molar-refractivity contribution in [3.63, 3.8) is 0 Å². The highest BCUT2D eigenvalue weighted by Crippen LogP contribution is 2.29. The third kappa shape index (κ3) is 3.69. The fraction of sp³-hybridized carbons (Fsp3) is 0.136. The number of nitrogens with one attached hydrogen (secondary N) is 1. The molecule has 28 heavy (non-hydrogen) atoms. The summed E-state index contributed by atoms with van der Waals surface area (Å²) in [7, 11) is -3.72. The van der Waals surface area contributed by atoms with Crippen LogP contribution in [0.15, 0.2) is 83.8 Å². The Morgan fingerprint density at radius 2 is 1.68 bits per heavy atom. The van der Waals surface area contributed by atoms with Crippen LogP contribution in [0.3, 0.4) is 0 Å². The normalized spacial score (nSPS) is 13.4. The second-order valence-electron chi connectivity index (χ2n) is 6.67. The minimum atomic E-state index is -3.72. The maximum absolute atomic E-state index is 13.0. The molecule has 0 aromatic heterocycles. The van der Waals surface area contributed by atoms with Gasteiger partial charge in [-0.15, -0.1) is 0 Å². The fourth-order valence-electron chi connectivity index (χ4n) is 3.36. The Morgan fingerprint density at radius 3 is 2.50 bits per heavy atom. The van der Waals surface area contributed by atoms with E-state index < -0.39 is 10.0 Å². The van der Waals surface area contributed by atoms with Gasteiger partial charge in [0.15, 0.2) is 0 Å². The highest BCUT2D eigenvalue weighted by Gasteiger charge is 2.26. The lowest BCUT2D eigenvalue weighted by Gasteiger charge is -2.18. The van der Waals surface area contributed by atoms with E-state index in [1.165, 1.54) is 12.1 Å². The molecule has 4 rings (SSSR count). The van der Waals surface area contributed by atoms with Crippen molar-refractivity contribution in [3.8, 4) is 0 Å². The van der Waals surface area contributed by atoms with Crippen molar-refractivity contribution in [3.05, 3.63) is 95.6 Å². The molecule has 142 valence electrons. The first-order valence-electron chi connectivity index (χ1n) is 9.08. The number of para-hydroxylation sites is 1. The van der Waals surface area contributed by atoms with Crippen molar-refractivity contribution in [2.45, 2.75) is 17.9 Å². The van der Waals surface area contributed by atoms with Crippen molar-refractivity contribution in [2.75, 3.05) is 11.4 Å². The van der Waals surface area contributed by atoms with Crippen LogP contribution in [0.25, 0.3) is 0 Å². The molecule has 0 spiro atoms. The predicted octanol–water partition coefficient (Wildman–Crippen LogP) is 3.37. The molecule has 1 amide bonds. The van der Waals surface area contributed by atoms with E-state index in [0.29, 0.717) is 12.1 Å². The van der Waals surface area contributed by atoms with E-state index in [-0.39, 0.29) is 17.3 Å². The van der Waals surface area contributed by atoms with Gasteiger partial charge in [-0.1, -0.05) is 54.6 Å². The molecule has 0 atom stereocenters. The molecule has 1 aliphatic rings. The summed E-state index contributed by atoms with van der Waals surface area (Å²) in [6, 6.07) is 23.3. The first-order chi connectivity index (χ1) is 13.5.